The van der Waals surface area contributed by atoms with Gasteiger partial charge in [0.2, 0.25) is 17.0 Å². The molecule has 3 aromatic rings. The summed E-state index contributed by atoms with van der Waals surface area (Å²) in [7, 11) is 0. The van der Waals surface area contributed by atoms with E-state index in [1.165, 1.54) is 18.0 Å². The van der Waals surface area contributed by atoms with E-state index in [2.05, 4.69) is 37.9 Å². The lowest BCUT2D eigenvalue weighted by molar-refractivity contribution is -0.113. The molecule has 0 bridgehead atoms. The number of aromatic nitrogens is 3. The SMILES string of the molecule is CCCSc1ccccc1NC(=O)CSc1n[nH]c(N/N=C\c2ccco2)n1. The predicted molar refractivity (Wildman–Crippen MR) is 113 cm³/mol. The number of aromatic amines is 1. The van der Waals surface area contributed by atoms with Crippen molar-refractivity contribution in [1.29, 1.82) is 0 Å². The van der Waals surface area contributed by atoms with Crippen LogP contribution in [-0.2, 0) is 4.79 Å². The van der Waals surface area contributed by atoms with Gasteiger partial charge < -0.3 is 9.73 Å². The Morgan fingerprint density at radius 1 is 1.29 bits per heavy atom. The lowest BCUT2D eigenvalue weighted by Gasteiger charge is -2.09. The van der Waals surface area contributed by atoms with Crippen LogP contribution in [-0.4, -0.2) is 38.8 Å². The Kier molecular flexibility index (Phi) is 7.56. The highest BCUT2D eigenvalue weighted by Crippen LogP contribution is 2.27. The van der Waals surface area contributed by atoms with Crippen molar-refractivity contribution in [2.24, 2.45) is 5.10 Å². The zero-order valence-electron chi connectivity index (χ0n) is 15.2. The number of hydrogen-bond acceptors (Lipinski definition) is 8. The van der Waals surface area contributed by atoms with Crippen LogP contribution < -0.4 is 10.7 Å². The summed E-state index contributed by atoms with van der Waals surface area (Å²) in [5.41, 5.74) is 3.55. The first kappa shape index (κ1) is 20.0. The number of para-hydroxylation sites is 1. The summed E-state index contributed by atoms with van der Waals surface area (Å²) in [5.74, 6) is 2.11. The summed E-state index contributed by atoms with van der Waals surface area (Å²) in [6.45, 7) is 2.13. The van der Waals surface area contributed by atoms with Gasteiger partial charge in [0.1, 0.15) is 5.76 Å². The smallest absolute Gasteiger partial charge is 0.240 e. The molecule has 0 saturated carbocycles. The van der Waals surface area contributed by atoms with E-state index in [0.29, 0.717) is 16.9 Å². The van der Waals surface area contributed by atoms with Crippen LogP contribution in [0.25, 0.3) is 0 Å². The molecule has 1 aromatic carbocycles. The summed E-state index contributed by atoms with van der Waals surface area (Å²) < 4.78 is 5.13. The van der Waals surface area contributed by atoms with E-state index in [9.17, 15) is 4.79 Å². The van der Waals surface area contributed by atoms with Gasteiger partial charge in [-0.2, -0.15) is 10.1 Å². The van der Waals surface area contributed by atoms with Gasteiger partial charge in [-0.3, -0.25) is 4.79 Å². The first-order valence-electron chi connectivity index (χ1n) is 8.64. The molecular formula is C18H20N6O2S2. The molecule has 0 saturated heterocycles. The van der Waals surface area contributed by atoms with Crippen LogP contribution in [0.1, 0.15) is 19.1 Å². The molecule has 10 heteroatoms. The summed E-state index contributed by atoms with van der Waals surface area (Å²) in [4.78, 5) is 17.6. The minimum absolute atomic E-state index is 0.107. The monoisotopic (exact) mass is 416 g/mol. The Labute approximate surface area is 171 Å². The third kappa shape index (κ3) is 6.17. The van der Waals surface area contributed by atoms with Gasteiger partial charge in [0.15, 0.2) is 0 Å². The number of H-pyrrole nitrogens is 1. The fraction of sp³-hybridized carbons (Fsp3) is 0.222. The molecule has 3 N–H and O–H groups in total. The Morgan fingerprint density at radius 2 is 2.18 bits per heavy atom. The fourth-order valence-corrected chi connectivity index (χ4v) is 3.58. The maximum Gasteiger partial charge on any atom is 0.240 e. The quantitative estimate of drug-likeness (QED) is 0.260. The lowest BCUT2D eigenvalue weighted by Crippen LogP contribution is -2.14. The van der Waals surface area contributed by atoms with Gasteiger partial charge in [0.05, 0.1) is 23.9 Å². The van der Waals surface area contributed by atoms with Gasteiger partial charge in [-0.1, -0.05) is 30.8 Å². The van der Waals surface area contributed by atoms with Crippen molar-refractivity contribution in [2.75, 3.05) is 22.2 Å². The fourth-order valence-electron chi connectivity index (χ4n) is 2.11. The predicted octanol–water partition coefficient (Wildman–Crippen LogP) is 4.08. The van der Waals surface area contributed by atoms with Crippen LogP contribution >= 0.6 is 23.5 Å². The minimum Gasteiger partial charge on any atom is -0.463 e. The van der Waals surface area contributed by atoms with Crippen LogP contribution in [0.5, 0.6) is 0 Å². The zero-order chi connectivity index (χ0) is 19.6. The number of amides is 1. The van der Waals surface area contributed by atoms with Crippen LogP contribution in [0.15, 0.2) is 62.2 Å². The van der Waals surface area contributed by atoms with Crippen LogP contribution in [0, 0.1) is 0 Å². The normalized spacial score (nSPS) is 11.0. The molecule has 0 spiro atoms. The number of hydrazone groups is 1. The van der Waals surface area contributed by atoms with E-state index in [4.69, 9.17) is 4.42 Å². The molecule has 0 fully saturated rings. The van der Waals surface area contributed by atoms with E-state index < -0.39 is 0 Å². The molecule has 3 rings (SSSR count). The van der Waals surface area contributed by atoms with Crippen molar-refractivity contribution < 1.29 is 9.21 Å². The summed E-state index contributed by atoms with van der Waals surface area (Å²) >= 11 is 2.97. The highest BCUT2D eigenvalue weighted by molar-refractivity contribution is 8.00. The standard InChI is InChI=1S/C18H20N6O2S2/c1-2-10-27-15-8-4-3-7-14(15)20-16(25)12-28-18-21-17(23-24-18)22-19-11-13-6-5-9-26-13/h3-9,11H,2,10,12H2,1H3,(H,20,25)(H2,21,22,23,24)/b19-11-. The van der Waals surface area contributed by atoms with E-state index in [1.54, 1.807) is 30.2 Å². The molecule has 0 aliphatic heterocycles. The number of nitrogens with one attached hydrogen (secondary N) is 3. The third-order valence-electron chi connectivity index (χ3n) is 3.33. The first-order chi connectivity index (χ1) is 13.7. The molecule has 28 heavy (non-hydrogen) atoms. The Balaban J connectivity index is 1.47. The topological polar surface area (TPSA) is 108 Å². The number of rotatable bonds is 10. The van der Waals surface area contributed by atoms with Crippen LogP contribution in [0.3, 0.4) is 0 Å². The summed E-state index contributed by atoms with van der Waals surface area (Å²) in [6, 6.07) is 11.4. The van der Waals surface area contributed by atoms with Gasteiger partial charge in [0.25, 0.3) is 0 Å². The number of furan rings is 1. The van der Waals surface area contributed by atoms with Crippen LogP contribution in [0.2, 0.25) is 0 Å². The number of nitrogens with zero attached hydrogens (tertiary/aromatic N) is 3. The molecule has 2 heterocycles. The second kappa shape index (κ2) is 10.6. The van der Waals surface area contributed by atoms with Gasteiger partial charge in [-0.15, -0.1) is 16.9 Å². The van der Waals surface area contributed by atoms with E-state index in [1.807, 2.05) is 24.3 Å². The minimum atomic E-state index is -0.107. The van der Waals surface area contributed by atoms with Gasteiger partial charge in [-0.25, -0.2) is 10.5 Å². The second-order valence-corrected chi connectivity index (χ2v) is 7.61. The van der Waals surface area contributed by atoms with Crippen LogP contribution in [0.4, 0.5) is 11.6 Å². The largest absolute Gasteiger partial charge is 0.463 e. The molecule has 2 aromatic heterocycles. The molecule has 0 unspecified atom stereocenters. The van der Waals surface area contributed by atoms with Gasteiger partial charge >= 0.3 is 0 Å². The molecule has 0 radical (unpaired) electrons. The second-order valence-electron chi connectivity index (χ2n) is 5.53. The lowest BCUT2D eigenvalue weighted by atomic mass is 10.3. The number of thioether (sulfide) groups is 2. The summed E-state index contributed by atoms with van der Waals surface area (Å²) in [6.07, 6.45) is 4.17. The van der Waals surface area contributed by atoms with Crippen molar-refractivity contribution in [3.8, 4) is 0 Å². The molecule has 0 aliphatic carbocycles. The number of anilines is 2. The van der Waals surface area contributed by atoms with E-state index in [0.717, 1.165) is 22.8 Å². The van der Waals surface area contributed by atoms with E-state index in [-0.39, 0.29) is 11.7 Å². The average molecular weight is 417 g/mol. The van der Waals surface area contributed by atoms with Crippen molar-refractivity contribution in [3.63, 3.8) is 0 Å². The highest BCUT2D eigenvalue weighted by atomic mass is 32.2. The number of benzene rings is 1. The Bertz CT molecular complexity index is 910. The maximum atomic E-state index is 12.3. The maximum absolute atomic E-state index is 12.3. The molecule has 8 nitrogen and oxygen atoms in total. The van der Waals surface area contributed by atoms with E-state index >= 15 is 0 Å². The average Bonchev–Trinajstić information content (AvgIpc) is 3.38. The van der Waals surface area contributed by atoms with Crippen molar-refractivity contribution >= 4 is 47.3 Å². The third-order valence-corrected chi connectivity index (χ3v) is 5.45. The molecule has 1 amide bonds. The van der Waals surface area contributed by atoms with Crippen molar-refractivity contribution in [1.82, 2.24) is 15.2 Å². The number of carbonyl (C=O) groups is 1. The molecule has 146 valence electrons. The van der Waals surface area contributed by atoms with Crippen molar-refractivity contribution in [2.45, 2.75) is 23.4 Å². The van der Waals surface area contributed by atoms with Gasteiger partial charge in [-0.05, 0) is 36.4 Å². The number of hydrogen-bond donors (Lipinski definition) is 3. The first-order valence-corrected chi connectivity index (χ1v) is 10.6. The molecule has 0 aliphatic rings. The zero-order valence-corrected chi connectivity index (χ0v) is 16.8. The number of carbonyl (C=O) groups excluding carboxylic acids is 1. The summed E-state index contributed by atoms with van der Waals surface area (Å²) in [5, 5.41) is 14.2. The molecular weight excluding hydrogens is 396 g/mol. The molecule has 0 atom stereocenters. The van der Waals surface area contributed by atoms with Gasteiger partial charge in [0, 0.05) is 4.90 Å². The Hall–Kier alpha value is -2.72. The highest BCUT2D eigenvalue weighted by Gasteiger charge is 2.10. The Morgan fingerprint density at radius 3 is 3.00 bits per heavy atom. The van der Waals surface area contributed by atoms with Crippen molar-refractivity contribution in [3.05, 3.63) is 48.4 Å².